The molecule has 0 saturated heterocycles. The van der Waals surface area contributed by atoms with Gasteiger partial charge in [-0.1, -0.05) is 6.07 Å². The average molecular weight is 354 g/mol. The summed E-state index contributed by atoms with van der Waals surface area (Å²) in [5.41, 5.74) is 0.804. The number of esters is 1. The van der Waals surface area contributed by atoms with Crippen molar-refractivity contribution in [3.8, 4) is 0 Å². The van der Waals surface area contributed by atoms with E-state index in [1.807, 2.05) is 0 Å². The zero-order valence-electron chi connectivity index (χ0n) is 14.3. The molecule has 1 N–H and O–H groups in total. The van der Waals surface area contributed by atoms with Crippen molar-refractivity contribution in [3.05, 3.63) is 46.7 Å². The van der Waals surface area contributed by atoms with Gasteiger partial charge in [-0.3, -0.25) is 4.90 Å². The van der Waals surface area contributed by atoms with E-state index in [1.54, 1.807) is 13.8 Å². The van der Waals surface area contributed by atoms with Crippen LogP contribution in [0.4, 0.5) is 13.6 Å². The van der Waals surface area contributed by atoms with Gasteiger partial charge in [0.25, 0.3) is 0 Å². The summed E-state index contributed by atoms with van der Waals surface area (Å²) in [5, 5.41) is 2.64. The summed E-state index contributed by atoms with van der Waals surface area (Å²) in [6, 6.07) is 1.84. The zero-order valence-corrected chi connectivity index (χ0v) is 14.3. The number of allylic oxidation sites excluding steroid dienone is 1. The van der Waals surface area contributed by atoms with Crippen LogP contribution in [0.1, 0.15) is 25.5 Å². The van der Waals surface area contributed by atoms with Crippen LogP contribution in [-0.2, 0) is 14.3 Å². The summed E-state index contributed by atoms with van der Waals surface area (Å²) in [5.74, 6) is -2.70. The molecule has 1 aromatic carbocycles. The van der Waals surface area contributed by atoms with E-state index in [9.17, 15) is 18.4 Å². The van der Waals surface area contributed by atoms with Gasteiger partial charge in [0.15, 0.2) is 11.6 Å². The molecule has 0 spiro atoms. The molecule has 2 amide bonds. The number of urea groups is 1. The topological polar surface area (TPSA) is 67.9 Å². The normalized spacial score (nSPS) is 17.6. The van der Waals surface area contributed by atoms with Gasteiger partial charge in [0.05, 0.1) is 31.4 Å². The van der Waals surface area contributed by atoms with E-state index in [-0.39, 0.29) is 30.9 Å². The standard InChI is InChI=1S/C17H20F2N2O4/c1-4-25-16(22)14-10(2)21(7-8-24-3)17(23)20-15(14)11-5-6-12(18)13(19)9-11/h5-6,9,15H,4,7-8H2,1-3H3,(H,20,23). The fourth-order valence-electron chi connectivity index (χ4n) is 2.65. The van der Waals surface area contributed by atoms with Crippen LogP contribution >= 0.6 is 0 Å². The number of hydrogen-bond acceptors (Lipinski definition) is 4. The molecule has 1 aromatic rings. The summed E-state index contributed by atoms with van der Waals surface area (Å²) in [7, 11) is 1.50. The van der Waals surface area contributed by atoms with Crippen LogP contribution in [0.5, 0.6) is 0 Å². The van der Waals surface area contributed by atoms with E-state index in [0.717, 1.165) is 12.1 Å². The molecular formula is C17H20F2N2O4. The molecule has 25 heavy (non-hydrogen) atoms. The Bertz CT molecular complexity index is 706. The summed E-state index contributed by atoms with van der Waals surface area (Å²) in [6.45, 7) is 3.92. The van der Waals surface area contributed by atoms with Crippen molar-refractivity contribution in [2.24, 2.45) is 0 Å². The fourth-order valence-corrected chi connectivity index (χ4v) is 2.65. The van der Waals surface area contributed by atoms with E-state index in [0.29, 0.717) is 5.70 Å². The highest BCUT2D eigenvalue weighted by Gasteiger charge is 2.36. The van der Waals surface area contributed by atoms with Crippen molar-refractivity contribution in [2.45, 2.75) is 19.9 Å². The molecule has 2 rings (SSSR count). The third-order valence-corrected chi connectivity index (χ3v) is 3.89. The monoisotopic (exact) mass is 354 g/mol. The first-order valence-electron chi connectivity index (χ1n) is 7.80. The number of benzene rings is 1. The molecule has 1 aliphatic rings. The summed E-state index contributed by atoms with van der Waals surface area (Å²) >= 11 is 0. The first-order valence-corrected chi connectivity index (χ1v) is 7.80. The maximum atomic E-state index is 13.6. The molecule has 0 aliphatic carbocycles. The molecule has 6 nitrogen and oxygen atoms in total. The molecule has 1 heterocycles. The van der Waals surface area contributed by atoms with Gasteiger partial charge in [-0.15, -0.1) is 0 Å². The smallest absolute Gasteiger partial charge is 0.338 e. The van der Waals surface area contributed by atoms with Gasteiger partial charge in [0, 0.05) is 12.8 Å². The summed E-state index contributed by atoms with van der Waals surface area (Å²) in [6.07, 6.45) is 0. The average Bonchev–Trinajstić information content (AvgIpc) is 2.56. The second-order valence-electron chi connectivity index (χ2n) is 5.42. The van der Waals surface area contributed by atoms with Gasteiger partial charge >= 0.3 is 12.0 Å². The molecule has 1 aliphatic heterocycles. The molecule has 1 unspecified atom stereocenters. The molecule has 0 radical (unpaired) electrons. The minimum atomic E-state index is -1.06. The Morgan fingerprint density at radius 1 is 1.32 bits per heavy atom. The number of methoxy groups -OCH3 is 1. The van der Waals surface area contributed by atoms with Crippen molar-refractivity contribution in [1.82, 2.24) is 10.2 Å². The fraction of sp³-hybridized carbons (Fsp3) is 0.412. The molecule has 1 atom stereocenters. The molecule has 8 heteroatoms. The Kier molecular flexibility index (Phi) is 6.08. The van der Waals surface area contributed by atoms with Crippen molar-refractivity contribution in [2.75, 3.05) is 26.9 Å². The van der Waals surface area contributed by atoms with Crippen LogP contribution in [0.2, 0.25) is 0 Å². The number of carbonyl (C=O) groups excluding carboxylic acids is 2. The largest absolute Gasteiger partial charge is 0.463 e. The van der Waals surface area contributed by atoms with E-state index >= 15 is 0 Å². The van der Waals surface area contributed by atoms with Crippen LogP contribution in [0, 0.1) is 11.6 Å². The molecular weight excluding hydrogens is 334 g/mol. The Balaban J connectivity index is 2.49. The number of rotatable bonds is 6. The quantitative estimate of drug-likeness (QED) is 0.797. The van der Waals surface area contributed by atoms with Gasteiger partial charge in [-0.05, 0) is 31.5 Å². The number of carbonyl (C=O) groups is 2. The predicted molar refractivity (Wildman–Crippen MR) is 85.5 cm³/mol. The van der Waals surface area contributed by atoms with E-state index in [2.05, 4.69) is 5.32 Å². The molecule has 136 valence electrons. The Morgan fingerprint density at radius 3 is 2.64 bits per heavy atom. The Labute approximate surface area is 144 Å². The molecule has 0 bridgehead atoms. The van der Waals surface area contributed by atoms with Crippen LogP contribution in [0.3, 0.4) is 0 Å². The number of halogens is 2. The number of amides is 2. The van der Waals surface area contributed by atoms with Gasteiger partial charge in [-0.2, -0.15) is 0 Å². The highest BCUT2D eigenvalue weighted by atomic mass is 19.2. The minimum Gasteiger partial charge on any atom is -0.463 e. The minimum absolute atomic E-state index is 0.145. The van der Waals surface area contributed by atoms with E-state index in [4.69, 9.17) is 9.47 Å². The third-order valence-electron chi connectivity index (χ3n) is 3.89. The van der Waals surface area contributed by atoms with Crippen LogP contribution in [0.15, 0.2) is 29.5 Å². The number of nitrogens with zero attached hydrogens (tertiary/aromatic N) is 1. The SMILES string of the molecule is CCOC(=O)C1=C(C)N(CCOC)C(=O)NC1c1ccc(F)c(F)c1. The van der Waals surface area contributed by atoms with E-state index < -0.39 is 29.7 Å². The predicted octanol–water partition coefficient (Wildman–Crippen LogP) is 2.51. The lowest BCUT2D eigenvalue weighted by molar-refractivity contribution is -0.139. The number of nitrogens with one attached hydrogen (secondary N) is 1. The van der Waals surface area contributed by atoms with Gasteiger partial charge in [0.1, 0.15) is 0 Å². The van der Waals surface area contributed by atoms with Gasteiger partial charge in [-0.25, -0.2) is 18.4 Å². The molecule has 0 aromatic heterocycles. The first kappa shape index (κ1) is 18.9. The maximum absolute atomic E-state index is 13.6. The lowest BCUT2D eigenvalue weighted by Crippen LogP contribution is -2.49. The van der Waals surface area contributed by atoms with E-state index in [1.165, 1.54) is 18.1 Å². The van der Waals surface area contributed by atoms with Crippen LogP contribution in [-0.4, -0.2) is 43.8 Å². The molecule has 0 saturated carbocycles. The number of hydrogen-bond donors (Lipinski definition) is 1. The zero-order chi connectivity index (χ0) is 18.6. The lowest BCUT2D eigenvalue weighted by atomic mass is 9.94. The highest BCUT2D eigenvalue weighted by molar-refractivity contribution is 5.95. The van der Waals surface area contributed by atoms with Crippen molar-refractivity contribution in [1.29, 1.82) is 0 Å². The maximum Gasteiger partial charge on any atom is 0.338 e. The highest BCUT2D eigenvalue weighted by Crippen LogP contribution is 2.31. The van der Waals surface area contributed by atoms with Crippen LogP contribution < -0.4 is 5.32 Å². The lowest BCUT2D eigenvalue weighted by Gasteiger charge is -2.35. The first-order chi connectivity index (χ1) is 11.9. The molecule has 0 fully saturated rings. The number of ether oxygens (including phenoxy) is 2. The Morgan fingerprint density at radius 2 is 2.04 bits per heavy atom. The van der Waals surface area contributed by atoms with Gasteiger partial charge < -0.3 is 14.8 Å². The Hall–Kier alpha value is -2.48. The van der Waals surface area contributed by atoms with Crippen molar-refractivity contribution < 1.29 is 27.8 Å². The third kappa shape index (κ3) is 3.96. The van der Waals surface area contributed by atoms with Gasteiger partial charge in [0.2, 0.25) is 0 Å². The summed E-state index contributed by atoms with van der Waals surface area (Å²) in [4.78, 5) is 26.1. The second kappa shape index (κ2) is 8.06. The summed E-state index contributed by atoms with van der Waals surface area (Å²) < 4.78 is 36.9. The van der Waals surface area contributed by atoms with Crippen molar-refractivity contribution >= 4 is 12.0 Å². The van der Waals surface area contributed by atoms with Crippen LogP contribution in [0.25, 0.3) is 0 Å². The van der Waals surface area contributed by atoms with Crippen molar-refractivity contribution in [3.63, 3.8) is 0 Å². The second-order valence-corrected chi connectivity index (χ2v) is 5.42.